The molecule has 1 aromatic carbocycles. The lowest BCUT2D eigenvalue weighted by Gasteiger charge is -2.14. The summed E-state index contributed by atoms with van der Waals surface area (Å²) < 4.78 is 32.6. The van der Waals surface area contributed by atoms with Gasteiger partial charge in [0.15, 0.2) is 0 Å². The molecule has 1 unspecified atom stereocenters. The fourth-order valence-electron chi connectivity index (χ4n) is 2.38. The van der Waals surface area contributed by atoms with Crippen LogP contribution in [0.15, 0.2) is 23.1 Å². The monoisotopic (exact) mass is 298 g/mol. The van der Waals surface area contributed by atoms with E-state index in [0.29, 0.717) is 24.7 Å². The van der Waals surface area contributed by atoms with Crippen molar-refractivity contribution >= 4 is 10.0 Å². The first-order chi connectivity index (χ1) is 9.56. The predicted octanol–water partition coefficient (Wildman–Crippen LogP) is 1.04. The van der Waals surface area contributed by atoms with Gasteiger partial charge in [-0.25, -0.2) is 13.1 Å². The fourth-order valence-corrected chi connectivity index (χ4v) is 3.69. The number of sulfonamides is 1. The molecule has 2 rings (SSSR count). The molecule has 0 aromatic heterocycles. The van der Waals surface area contributed by atoms with E-state index in [-0.39, 0.29) is 6.04 Å². The first-order valence-electron chi connectivity index (χ1n) is 6.93. The number of nitrogens with one attached hydrogen (secondary N) is 2. The summed E-state index contributed by atoms with van der Waals surface area (Å²) in [6.07, 6.45) is 1.62. The lowest BCUT2D eigenvalue weighted by atomic mass is 10.1. The van der Waals surface area contributed by atoms with Gasteiger partial charge >= 0.3 is 0 Å². The quantitative estimate of drug-likeness (QED) is 0.823. The van der Waals surface area contributed by atoms with Crippen LogP contribution >= 0.6 is 0 Å². The minimum Gasteiger partial charge on any atom is -0.380 e. The van der Waals surface area contributed by atoms with Crippen LogP contribution in [0, 0.1) is 0 Å². The molecule has 1 heterocycles. The van der Waals surface area contributed by atoms with Gasteiger partial charge in [0.25, 0.3) is 0 Å². The summed E-state index contributed by atoms with van der Waals surface area (Å²) in [6.45, 7) is 3.80. The molecule has 0 aliphatic carbocycles. The molecule has 0 spiro atoms. The molecule has 0 amide bonds. The van der Waals surface area contributed by atoms with Crippen molar-refractivity contribution in [2.45, 2.75) is 37.2 Å². The minimum absolute atomic E-state index is 0.112. The summed E-state index contributed by atoms with van der Waals surface area (Å²) in [5.41, 5.74) is 2.20. The van der Waals surface area contributed by atoms with Gasteiger partial charge in [-0.05, 0) is 43.1 Å². The number of hydrogen-bond acceptors (Lipinski definition) is 4. The summed E-state index contributed by atoms with van der Waals surface area (Å²) in [5, 5.41) is 3.08. The fraction of sp³-hybridized carbons (Fsp3) is 0.571. The van der Waals surface area contributed by atoms with Gasteiger partial charge in [0.1, 0.15) is 0 Å². The van der Waals surface area contributed by atoms with Gasteiger partial charge in [0.05, 0.1) is 11.5 Å². The topological polar surface area (TPSA) is 67.4 Å². The average molecular weight is 298 g/mol. The van der Waals surface area contributed by atoms with Crippen molar-refractivity contribution in [3.05, 3.63) is 29.3 Å². The highest BCUT2D eigenvalue weighted by Crippen LogP contribution is 2.18. The predicted molar refractivity (Wildman–Crippen MR) is 78.1 cm³/mol. The molecule has 1 aliphatic rings. The second-order valence-corrected chi connectivity index (χ2v) is 6.71. The van der Waals surface area contributed by atoms with Gasteiger partial charge in [-0.1, -0.05) is 13.0 Å². The highest BCUT2D eigenvalue weighted by molar-refractivity contribution is 7.89. The molecule has 1 saturated heterocycles. The van der Waals surface area contributed by atoms with Gasteiger partial charge in [-0.15, -0.1) is 0 Å². The van der Waals surface area contributed by atoms with Crippen molar-refractivity contribution in [1.29, 1.82) is 0 Å². The lowest BCUT2D eigenvalue weighted by molar-refractivity contribution is 0.192. The number of hydrogen-bond donors (Lipinski definition) is 2. The molecule has 20 heavy (non-hydrogen) atoms. The Morgan fingerprint density at radius 2 is 2.15 bits per heavy atom. The molecule has 112 valence electrons. The third-order valence-electron chi connectivity index (χ3n) is 3.49. The normalized spacial score (nSPS) is 19.4. The van der Waals surface area contributed by atoms with Crippen LogP contribution in [0.3, 0.4) is 0 Å². The molecule has 5 nitrogen and oxygen atoms in total. The maximum absolute atomic E-state index is 12.4. The van der Waals surface area contributed by atoms with E-state index in [1.807, 2.05) is 13.1 Å². The summed E-state index contributed by atoms with van der Waals surface area (Å²) in [7, 11) is -1.61. The van der Waals surface area contributed by atoms with Crippen molar-refractivity contribution in [3.63, 3.8) is 0 Å². The van der Waals surface area contributed by atoms with Crippen LogP contribution in [0.2, 0.25) is 0 Å². The smallest absolute Gasteiger partial charge is 0.240 e. The second-order valence-electron chi connectivity index (χ2n) is 5.00. The van der Waals surface area contributed by atoms with Crippen LogP contribution in [0.4, 0.5) is 0 Å². The Balaban J connectivity index is 2.24. The summed E-state index contributed by atoms with van der Waals surface area (Å²) >= 11 is 0. The molecule has 1 aliphatic heterocycles. The Morgan fingerprint density at radius 1 is 1.35 bits per heavy atom. The second kappa shape index (κ2) is 6.67. The van der Waals surface area contributed by atoms with Crippen molar-refractivity contribution in [2.75, 3.05) is 20.3 Å². The van der Waals surface area contributed by atoms with Gasteiger partial charge in [0, 0.05) is 19.2 Å². The molecule has 1 aromatic rings. The average Bonchev–Trinajstić information content (AvgIpc) is 2.91. The molecule has 0 saturated carbocycles. The number of ether oxygens (including phenoxy) is 1. The molecule has 1 fully saturated rings. The number of aryl methyl sites for hydroxylation is 1. The van der Waals surface area contributed by atoms with E-state index >= 15 is 0 Å². The van der Waals surface area contributed by atoms with Crippen molar-refractivity contribution in [1.82, 2.24) is 10.0 Å². The van der Waals surface area contributed by atoms with Crippen LogP contribution in [0.5, 0.6) is 0 Å². The summed E-state index contributed by atoms with van der Waals surface area (Å²) in [6, 6.07) is 5.22. The zero-order valence-corrected chi connectivity index (χ0v) is 12.8. The van der Waals surface area contributed by atoms with Crippen molar-refractivity contribution in [2.24, 2.45) is 0 Å². The SMILES string of the molecule is CCc1ccc(S(=O)(=O)NC2CCOC2)cc1CNC. The van der Waals surface area contributed by atoms with E-state index in [9.17, 15) is 8.42 Å². The standard InChI is InChI=1S/C14H22N2O3S/c1-3-11-4-5-14(8-12(11)9-15-2)20(17,18)16-13-6-7-19-10-13/h4-5,8,13,15-16H,3,6-7,9-10H2,1-2H3. The van der Waals surface area contributed by atoms with E-state index in [4.69, 9.17) is 4.74 Å². The van der Waals surface area contributed by atoms with Gasteiger partial charge in [-0.3, -0.25) is 0 Å². The maximum Gasteiger partial charge on any atom is 0.240 e. The summed E-state index contributed by atoms with van der Waals surface area (Å²) in [4.78, 5) is 0.326. The third kappa shape index (κ3) is 3.58. The molecular formula is C14H22N2O3S. The molecule has 0 bridgehead atoms. The van der Waals surface area contributed by atoms with E-state index in [0.717, 1.165) is 18.4 Å². The van der Waals surface area contributed by atoms with Crippen LogP contribution < -0.4 is 10.0 Å². The Kier molecular flexibility index (Phi) is 5.15. The summed E-state index contributed by atoms with van der Waals surface area (Å²) in [5.74, 6) is 0. The first kappa shape index (κ1) is 15.4. The van der Waals surface area contributed by atoms with Gasteiger partial charge < -0.3 is 10.1 Å². The van der Waals surface area contributed by atoms with E-state index in [1.54, 1.807) is 12.1 Å². The van der Waals surface area contributed by atoms with Crippen molar-refractivity contribution < 1.29 is 13.2 Å². The van der Waals surface area contributed by atoms with Crippen LogP contribution in [0.1, 0.15) is 24.5 Å². The van der Waals surface area contributed by atoms with Crippen molar-refractivity contribution in [3.8, 4) is 0 Å². The zero-order chi connectivity index (χ0) is 14.6. The molecule has 2 N–H and O–H groups in total. The molecule has 0 radical (unpaired) electrons. The third-order valence-corrected chi connectivity index (χ3v) is 5.01. The number of rotatable bonds is 6. The Morgan fingerprint density at radius 3 is 2.75 bits per heavy atom. The van der Waals surface area contributed by atoms with E-state index < -0.39 is 10.0 Å². The largest absolute Gasteiger partial charge is 0.380 e. The maximum atomic E-state index is 12.4. The Labute approximate surface area is 120 Å². The lowest BCUT2D eigenvalue weighted by Crippen LogP contribution is -2.35. The first-order valence-corrected chi connectivity index (χ1v) is 8.41. The molecule has 1 atom stereocenters. The minimum atomic E-state index is -3.47. The van der Waals surface area contributed by atoms with E-state index in [1.165, 1.54) is 5.56 Å². The van der Waals surface area contributed by atoms with Gasteiger partial charge in [-0.2, -0.15) is 0 Å². The van der Waals surface area contributed by atoms with Gasteiger partial charge in [0.2, 0.25) is 10.0 Å². The number of benzene rings is 1. The molecule has 6 heteroatoms. The van der Waals surface area contributed by atoms with E-state index in [2.05, 4.69) is 17.0 Å². The van der Waals surface area contributed by atoms with Crippen LogP contribution in [-0.4, -0.2) is 34.7 Å². The Bertz CT molecular complexity index is 552. The highest BCUT2D eigenvalue weighted by Gasteiger charge is 2.23. The highest BCUT2D eigenvalue weighted by atomic mass is 32.2. The van der Waals surface area contributed by atoms with Crippen LogP contribution in [-0.2, 0) is 27.7 Å². The van der Waals surface area contributed by atoms with Crippen LogP contribution in [0.25, 0.3) is 0 Å². The Hall–Kier alpha value is -0.950. The molecular weight excluding hydrogens is 276 g/mol. The zero-order valence-electron chi connectivity index (χ0n) is 12.0.